The zero-order valence-electron chi connectivity index (χ0n) is 6.55. The number of halogens is 1. The van der Waals surface area contributed by atoms with E-state index in [4.69, 9.17) is 11.8 Å². The third-order valence-electron chi connectivity index (χ3n) is 1.91. The summed E-state index contributed by atoms with van der Waals surface area (Å²) in [6.07, 6.45) is 2.94. The van der Waals surface area contributed by atoms with Crippen LogP contribution in [0, 0.1) is 0 Å². The lowest BCUT2D eigenvalue weighted by atomic mass is 10.1. The van der Waals surface area contributed by atoms with E-state index in [9.17, 15) is 4.79 Å². The largest absolute Gasteiger partial charge is 0.468 e. The number of carbonyl (C=O) groups is 1. The van der Waals surface area contributed by atoms with E-state index in [1.54, 1.807) is 0 Å². The molecule has 0 aromatic heterocycles. The molecule has 1 saturated heterocycles. The molecule has 1 rings (SSSR count). The first-order valence-electron chi connectivity index (χ1n) is 3.76. The van der Waals surface area contributed by atoms with Crippen LogP contribution in [0.3, 0.4) is 0 Å². The van der Waals surface area contributed by atoms with Gasteiger partial charge in [-0.2, -0.15) is 0 Å². The Hall–Kier alpha value is -0.280. The SMILES string of the molecule is COC(=O)[C@@H]1CCCCN1Cl. The quantitative estimate of drug-likeness (QED) is 0.445. The van der Waals surface area contributed by atoms with Gasteiger partial charge in [-0.15, -0.1) is 0 Å². The Labute approximate surface area is 71.4 Å². The number of carbonyl (C=O) groups excluding carboxylic acids is 1. The molecule has 1 atom stereocenters. The van der Waals surface area contributed by atoms with Gasteiger partial charge in [0.05, 0.1) is 7.11 Å². The number of methoxy groups -OCH3 is 1. The minimum atomic E-state index is -0.226. The average molecular weight is 178 g/mol. The van der Waals surface area contributed by atoms with Crippen molar-refractivity contribution in [3.63, 3.8) is 0 Å². The van der Waals surface area contributed by atoms with Crippen LogP contribution in [0.4, 0.5) is 0 Å². The highest BCUT2D eigenvalue weighted by Gasteiger charge is 2.27. The Balaban J connectivity index is 2.47. The maximum atomic E-state index is 11.0. The highest BCUT2D eigenvalue weighted by molar-refractivity contribution is 6.14. The first-order chi connectivity index (χ1) is 5.25. The molecule has 0 aromatic carbocycles. The first-order valence-corrected chi connectivity index (χ1v) is 4.09. The van der Waals surface area contributed by atoms with Crippen LogP contribution in [0.2, 0.25) is 0 Å². The molecular formula is C7H12ClNO2. The summed E-state index contributed by atoms with van der Waals surface area (Å²) < 4.78 is 6.13. The maximum Gasteiger partial charge on any atom is 0.324 e. The van der Waals surface area contributed by atoms with E-state index in [0.29, 0.717) is 0 Å². The molecule has 0 unspecified atom stereocenters. The molecule has 0 N–H and O–H groups in total. The van der Waals surface area contributed by atoms with Gasteiger partial charge >= 0.3 is 5.97 Å². The lowest BCUT2D eigenvalue weighted by Crippen LogP contribution is -2.39. The van der Waals surface area contributed by atoms with E-state index >= 15 is 0 Å². The molecule has 64 valence electrons. The van der Waals surface area contributed by atoms with Crippen LogP contribution >= 0.6 is 11.8 Å². The van der Waals surface area contributed by atoms with Gasteiger partial charge in [0.2, 0.25) is 0 Å². The highest BCUT2D eigenvalue weighted by Crippen LogP contribution is 2.19. The number of hydrogen-bond acceptors (Lipinski definition) is 3. The minimum absolute atomic E-state index is 0.222. The molecule has 0 aliphatic carbocycles. The summed E-state index contributed by atoms with van der Waals surface area (Å²) in [4.78, 5) is 11.0. The predicted octanol–water partition coefficient (Wildman–Crippen LogP) is 1.17. The zero-order valence-corrected chi connectivity index (χ0v) is 7.30. The van der Waals surface area contributed by atoms with Crippen LogP contribution in [0.1, 0.15) is 19.3 Å². The van der Waals surface area contributed by atoms with Gasteiger partial charge in [-0.1, -0.05) is 0 Å². The Morgan fingerprint density at radius 3 is 2.91 bits per heavy atom. The topological polar surface area (TPSA) is 29.5 Å². The molecule has 0 saturated carbocycles. The molecule has 0 radical (unpaired) electrons. The smallest absolute Gasteiger partial charge is 0.324 e. The number of piperidine rings is 1. The monoisotopic (exact) mass is 177 g/mol. The third kappa shape index (κ3) is 2.07. The first kappa shape index (κ1) is 8.81. The summed E-state index contributed by atoms with van der Waals surface area (Å²) in [6.45, 7) is 0.779. The van der Waals surface area contributed by atoms with Crippen molar-refractivity contribution in [3.8, 4) is 0 Å². The average Bonchev–Trinajstić information content (AvgIpc) is 2.04. The number of nitrogens with zero attached hydrogens (tertiary/aromatic N) is 1. The van der Waals surface area contributed by atoms with Crippen molar-refractivity contribution in [2.45, 2.75) is 25.3 Å². The molecular weight excluding hydrogens is 166 g/mol. The molecule has 3 nitrogen and oxygen atoms in total. The van der Waals surface area contributed by atoms with Crippen LogP contribution in [0.25, 0.3) is 0 Å². The van der Waals surface area contributed by atoms with Gasteiger partial charge in [-0.25, -0.2) is 4.42 Å². The second-order valence-electron chi connectivity index (χ2n) is 2.66. The Morgan fingerprint density at radius 2 is 2.36 bits per heavy atom. The van der Waals surface area contributed by atoms with E-state index in [0.717, 1.165) is 25.8 Å². The predicted molar refractivity (Wildman–Crippen MR) is 42.2 cm³/mol. The number of esters is 1. The number of ether oxygens (including phenoxy) is 1. The van der Waals surface area contributed by atoms with Gasteiger partial charge < -0.3 is 4.74 Å². The van der Waals surface area contributed by atoms with Crippen molar-refractivity contribution in [1.82, 2.24) is 4.42 Å². The maximum absolute atomic E-state index is 11.0. The van der Waals surface area contributed by atoms with Gasteiger partial charge in [0.25, 0.3) is 0 Å². The third-order valence-corrected chi connectivity index (χ3v) is 2.32. The zero-order chi connectivity index (χ0) is 8.27. The summed E-state index contributed by atoms with van der Waals surface area (Å²) >= 11 is 5.79. The summed E-state index contributed by atoms with van der Waals surface area (Å²) in [7, 11) is 1.39. The van der Waals surface area contributed by atoms with Crippen molar-refractivity contribution in [1.29, 1.82) is 0 Å². The normalized spacial score (nSPS) is 26.5. The molecule has 1 aliphatic heterocycles. The molecule has 0 spiro atoms. The molecule has 11 heavy (non-hydrogen) atoms. The van der Waals surface area contributed by atoms with Crippen LogP contribution in [0.5, 0.6) is 0 Å². The van der Waals surface area contributed by atoms with Crippen molar-refractivity contribution in [2.75, 3.05) is 13.7 Å². The molecule has 1 aliphatic rings. The van der Waals surface area contributed by atoms with Crippen molar-refractivity contribution < 1.29 is 9.53 Å². The summed E-state index contributed by atoms with van der Waals surface area (Å²) in [5.74, 6) is -0.222. The second kappa shape index (κ2) is 3.93. The molecule has 0 bridgehead atoms. The second-order valence-corrected chi connectivity index (χ2v) is 3.09. The van der Waals surface area contributed by atoms with Crippen molar-refractivity contribution in [2.24, 2.45) is 0 Å². The molecule has 1 fully saturated rings. The minimum Gasteiger partial charge on any atom is -0.468 e. The van der Waals surface area contributed by atoms with Gasteiger partial charge in [0, 0.05) is 6.54 Å². The molecule has 0 amide bonds. The van der Waals surface area contributed by atoms with Crippen LogP contribution in [-0.2, 0) is 9.53 Å². The van der Waals surface area contributed by atoms with Gasteiger partial charge in [0.15, 0.2) is 0 Å². The van der Waals surface area contributed by atoms with Gasteiger partial charge in [0.1, 0.15) is 6.04 Å². The summed E-state index contributed by atoms with van der Waals surface area (Å²) in [5.41, 5.74) is 0. The Morgan fingerprint density at radius 1 is 1.64 bits per heavy atom. The fraction of sp³-hybridized carbons (Fsp3) is 0.857. The fourth-order valence-corrected chi connectivity index (χ4v) is 1.56. The van der Waals surface area contributed by atoms with Crippen LogP contribution in [-0.4, -0.2) is 30.1 Å². The van der Waals surface area contributed by atoms with E-state index in [1.807, 2.05) is 0 Å². The fourth-order valence-electron chi connectivity index (χ4n) is 1.26. The van der Waals surface area contributed by atoms with E-state index in [2.05, 4.69) is 4.74 Å². The van der Waals surface area contributed by atoms with Crippen LogP contribution < -0.4 is 0 Å². The van der Waals surface area contributed by atoms with E-state index < -0.39 is 0 Å². The summed E-state index contributed by atoms with van der Waals surface area (Å²) in [5, 5.41) is 0. The van der Waals surface area contributed by atoms with Gasteiger partial charge in [-0.3, -0.25) is 4.79 Å². The highest BCUT2D eigenvalue weighted by atomic mass is 35.5. The van der Waals surface area contributed by atoms with Crippen molar-refractivity contribution >= 4 is 17.7 Å². The standard InChI is InChI=1S/C7H12ClNO2/c1-11-7(10)6-4-2-3-5-9(6)8/h6H,2-5H2,1H3/t6-/m0/s1. The molecule has 4 heteroatoms. The van der Waals surface area contributed by atoms with Crippen LogP contribution in [0.15, 0.2) is 0 Å². The Bertz CT molecular complexity index is 151. The Kier molecular flexibility index (Phi) is 3.15. The van der Waals surface area contributed by atoms with Crippen molar-refractivity contribution in [3.05, 3.63) is 0 Å². The number of hydrogen-bond donors (Lipinski definition) is 0. The lowest BCUT2D eigenvalue weighted by molar-refractivity contribution is -0.146. The van der Waals surface area contributed by atoms with E-state index in [1.165, 1.54) is 11.5 Å². The lowest BCUT2D eigenvalue weighted by Gasteiger charge is -2.27. The molecule has 0 aromatic rings. The van der Waals surface area contributed by atoms with Gasteiger partial charge in [-0.05, 0) is 31.0 Å². The summed E-state index contributed by atoms with van der Waals surface area (Å²) in [6, 6.07) is -0.226. The molecule has 1 heterocycles. The van der Waals surface area contributed by atoms with E-state index in [-0.39, 0.29) is 12.0 Å². The number of rotatable bonds is 1.